The van der Waals surface area contributed by atoms with Crippen molar-refractivity contribution in [2.24, 2.45) is 0 Å². The van der Waals surface area contributed by atoms with Gasteiger partial charge in [0, 0.05) is 37.4 Å². The predicted octanol–water partition coefficient (Wildman–Crippen LogP) is 17.1. The van der Waals surface area contributed by atoms with Gasteiger partial charge in [-0.15, -0.1) is 0 Å². The fraction of sp³-hybridized carbons (Fsp3) is 0.0147. The van der Waals surface area contributed by atoms with E-state index in [2.05, 4.69) is 189 Å². The molecule has 0 atom stereocenters. The van der Waals surface area contributed by atoms with E-state index in [0.29, 0.717) is 28.4 Å². The van der Waals surface area contributed by atoms with Crippen LogP contribution in [0.3, 0.4) is 0 Å². The molecule has 15 rings (SSSR count). The Hall–Kier alpha value is -9.60. The van der Waals surface area contributed by atoms with Crippen LogP contribution in [0.5, 0.6) is 11.5 Å². The summed E-state index contributed by atoms with van der Waals surface area (Å²) in [5, 5.41) is 16.2. The van der Waals surface area contributed by atoms with E-state index < -0.39 is 6.85 Å². The van der Waals surface area contributed by atoms with Crippen LogP contribution in [0.25, 0.3) is 122 Å². The van der Waals surface area contributed by atoms with Gasteiger partial charge in [0.1, 0.15) is 0 Å². The summed E-state index contributed by atoms with van der Waals surface area (Å²) in [6.45, 7) is -2.45. The quantitative estimate of drug-likeness (QED) is 0.152. The molecule has 0 aliphatic heterocycles. The fourth-order valence-corrected chi connectivity index (χ4v) is 12.7. The number of pyridine rings is 1. The van der Waals surface area contributed by atoms with E-state index in [1.165, 1.54) is 0 Å². The molecule has 0 spiro atoms. The molecule has 0 fully saturated rings. The number of fused-ring (bicyclic) bond motifs is 10. The molecule has 0 N–H and O–H groups in total. The van der Waals surface area contributed by atoms with E-state index >= 15 is 0 Å². The van der Waals surface area contributed by atoms with Crippen molar-refractivity contribution in [3.05, 3.63) is 252 Å². The van der Waals surface area contributed by atoms with Gasteiger partial charge in [0.15, 0.2) is 0 Å². The topological polar surface area (TPSA) is 65.1 Å². The number of rotatable bonds is 8. The van der Waals surface area contributed by atoms with Gasteiger partial charge >= 0.3 is 294 Å². The summed E-state index contributed by atoms with van der Waals surface area (Å²) in [5.74, 6) is 1.69. The molecule has 7 nitrogen and oxygen atoms in total. The van der Waals surface area contributed by atoms with Crippen LogP contribution in [0, 0.1) is 22.0 Å². The van der Waals surface area contributed by atoms with Crippen LogP contribution in [0.1, 0.15) is 15.2 Å². The van der Waals surface area contributed by atoms with Crippen molar-refractivity contribution in [2.75, 3.05) is 0 Å². The first-order valence-electron chi connectivity index (χ1n) is 26.6. The molecule has 0 bridgehead atoms. The Morgan fingerprint density at radius 3 is 1.74 bits per heavy atom. The number of benzene rings is 10. The van der Waals surface area contributed by atoms with Gasteiger partial charge in [-0.2, -0.15) is 5.26 Å². The average molecular weight is 1160 g/mol. The number of nitriles is 1. The Kier molecular flexibility index (Phi) is 9.27. The van der Waals surface area contributed by atoms with Gasteiger partial charge in [-0.05, 0) is 36.2 Å². The van der Waals surface area contributed by atoms with Gasteiger partial charge in [0.05, 0.1) is 28.2 Å². The first-order valence-corrected chi connectivity index (χ1v) is 26.2. The average Bonchev–Trinajstić information content (AvgIpc) is 3.20. The number of ether oxygens (including phenoxy) is 1. The molecule has 5 heterocycles. The number of hydrogen-bond donors (Lipinski definition) is 0. The molecule has 0 aliphatic rings. The summed E-state index contributed by atoms with van der Waals surface area (Å²) in [7, 11) is 0. The molecule has 15 aromatic rings. The van der Waals surface area contributed by atoms with Crippen molar-refractivity contribution < 1.29 is 28.2 Å². The van der Waals surface area contributed by atoms with Crippen molar-refractivity contribution in [2.45, 2.75) is 6.85 Å². The summed E-state index contributed by atoms with van der Waals surface area (Å²) in [6.07, 6.45) is 1.68. The van der Waals surface area contributed by atoms with E-state index in [0.717, 1.165) is 114 Å². The second-order valence-electron chi connectivity index (χ2n) is 19.2. The van der Waals surface area contributed by atoms with Crippen molar-refractivity contribution >= 4 is 70.9 Å². The molecule has 10 aromatic carbocycles. The SMILES string of the molecule is [2H]C([2H])([2H])c1cc(-n2c3cc(Oc4cccc(-n5[c](=[Pt])n(-c6c(-c7ccccc7)cccc6-c6ccccc6)c6ccccc65)c4)ccc3c3cc4c5cc(C#N)cc6c7ccccc7n(c4cc32)c65)ncc1-c1ccccc1. The van der Waals surface area contributed by atoms with Crippen LogP contribution < -0.4 is 4.74 Å². The van der Waals surface area contributed by atoms with E-state index in [1.54, 1.807) is 12.3 Å². The van der Waals surface area contributed by atoms with Gasteiger partial charge in [-0.25, -0.2) is 0 Å². The number of imidazole rings is 1. The smallest absolute Gasteiger partial charge is 0.0622 e. The number of nitrogens with zero attached hydrogens (tertiary/aromatic N) is 6. The molecule has 8 heteroatoms. The molecule has 0 aliphatic carbocycles. The van der Waals surface area contributed by atoms with Crippen LogP contribution in [0.15, 0.2) is 237 Å². The minimum Gasteiger partial charge on any atom is -0.0622 e. The van der Waals surface area contributed by atoms with Crippen LogP contribution in [-0.2, 0) is 19.4 Å². The Morgan fingerprint density at radius 1 is 0.461 bits per heavy atom. The zero-order chi connectivity index (χ0) is 53.1. The van der Waals surface area contributed by atoms with Crippen LogP contribution in [0.2, 0.25) is 0 Å². The third kappa shape index (κ3) is 6.71. The number of aryl methyl sites for hydroxylation is 1. The first-order chi connectivity index (χ1) is 38.7. The van der Waals surface area contributed by atoms with Crippen LogP contribution in [-0.4, -0.2) is 23.1 Å². The van der Waals surface area contributed by atoms with Gasteiger partial charge < -0.3 is 4.40 Å². The first kappa shape index (κ1) is 40.8. The molecule has 0 saturated heterocycles. The van der Waals surface area contributed by atoms with E-state index in [9.17, 15) is 5.26 Å². The van der Waals surface area contributed by atoms with Crippen molar-refractivity contribution in [3.8, 4) is 68.1 Å². The molecular weight excluding hydrogens is 1110 g/mol. The zero-order valence-corrected chi connectivity index (χ0v) is 42.7. The van der Waals surface area contributed by atoms with Gasteiger partial charge in [0.2, 0.25) is 0 Å². The molecule has 360 valence electrons. The Morgan fingerprint density at radius 2 is 1.04 bits per heavy atom. The Bertz CT molecular complexity index is 5010. The van der Waals surface area contributed by atoms with Crippen LogP contribution >= 0.6 is 0 Å². The standard InChI is InChI=1S/C68H42N6O.Pt/c1-43-33-66(70-41-59(43)47-21-9-4-10-22-47)73-63-37-50(31-32-54(63)55-38-56-58-35-44(40-69)34-57-53-25-11-12-28-60(53)74(68(57)58)65(56)39-64(55)73)75-49-24-15-23-48(36-49)71-42-72(62-30-14-13-29-61(62)71)67-51(45-17-5-2-6-18-45)26-16-27-52(67)46-19-7-3-8-20-46;/h2-39,41H,1H3;/i1D3;. The number of aromatic nitrogens is 5. The van der Waals surface area contributed by atoms with E-state index in [-0.39, 0.29) is 5.56 Å². The second kappa shape index (κ2) is 17.2. The van der Waals surface area contributed by atoms with Crippen molar-refractivity contribution in [1.82, 2.24) is 23.1 Å². The molecule has 0 saturated carbocycles. The third-order valence-electron chi connectivity index (χ3n) is 14.9. The van der Waals surface area contributed by atoms with Crippen LogP contribution in [0.4, 0.5) is 0 Å². The Balaban J connectivity index is 0.917. The minimum atomic E-state index is -2.45. The fourth-order valence-electron chi connectivity index (χ4n) is 11.7. The molecule has 0 amide bonds. The second-order valence-corrected chi connectivity index (χ2v) is 20.2. The van der Waals surface area contributed by atoms with Crippen molar-refractivity contribution in [1.29, 1.82) is 5.26 Å². The molecular formula is C68H42N6OPt. The molecule has 0 radical (unpaired) electrons. The summed E-state index contributed by atoms with van der Waals surface area (Å²) >= 11 is 2.47. The molecule has 0 unspecified atom stereocenters. The summed E-state index contributed by atoms with van der Waals surface area (Å²) in [4.78, 5) is 5.09. The maximum absolute atomic E-state index is 10.3. The van der Waals surface area contributed by atoms with Gasteiger partial charge in [0.25, 0.3) is 0 Å². The monoisotopic (exact) mass is 1160 g/mol. The van der Waals surface area contributed by atoms with Gasteiger partial charge in [-0.1, -0.05) is 48.5 Å². The maximum atomic E-state index is 10.3. The number of hydrogen-bond acceptors (Lipinski definition) is 3. The predicted molar refractivity (Wildman–Crippen MR) is 305 cm³/mol. The summed E-state index contributed by atoms with van der Waals surface area (Å²) in [6, 6.07) is 80.9. The number of para-hydroxylation sites is 4. The van der Waals surface area contributed by atoms with Gasteiger partial charge in [-0.3, -0.25) is 0 Å². The molecule has 76 heavy (non-hydrogen) atoms. The Labute approximate surface area is 451 Å². The zero-order valence-electron chi connectivity index (χ0n) is 43.4. The normalized spacial score (nSPS) is 12.6. The minimum absolute atomic E-state index is 0.201. The summed E-state index contributed by atoms with van der Waals surface area (Å²) in [5.41, 5.74) is 15.4. The third-order valence-corrected chi connectivity index (χ3v) is 15.9. The van der Waals surface area contributed by atoms with Crippen molar-refractivity contribution in [3.63, 3.8) is 0 Å². The van der Waals surface area contributed by atoms with E-state index in [1.807, 2.05) is 78.9 Å². The van der Waals surface area contributed by atoms with E-state index in [4.69, 9.17) is 13.8 Å². The summed E-state index contributed by atoms with van der Waals surface area (Å²) < 4.78 is 43.4. The molecule has 5 aromatic heterocycles.